The van der Waals surface area contributed by atoms with Crippen molar-refractivity contribution in [1.82, 2.24) is 30.7 Å². The zero-order valence-corrected chi connectivity index (χ0v) is 39.2. The summed E-state index contributed by atoms with van der Waals surface area (Å²) < 4.78 is 17.6. The molecule has 71 heavy (non-hydrogen) atoms. The van der Waals surface area contributed by atoms with Gasteiger partial charge in [-0.15, -0.1) is 0 Å². The van der Waals surface area contributed by atoms with E-state index in [0.717, 1.165) is 0 Å². The number of rotatable bonds is 14. The lowest BCUT2D eigenvalue weighted by atomic mass is 9.72. The lowest BCUT2D eigenvalue weighted by molar-refractivity contribution is -0.249. The number of likely N-dealkylation sites (tertiary alicyclic amines) is 2. The molecular weight excluding hydrogens is 929 g/mol. The number of carbonyl (C=O) groups is 8. The molecule has 0 bridgehead atoms. The molecule has 2 aromatic carbocycles. The van der Waals surface area contributed by atoms with Crippen LogP contribution in [0.3, 0.4) is 0 Å². The highest BCUT2D eigenvalue weighted by Gasteiger charge is 2.51. The number of amides is 5. The van der Waals surface area contributed by atoms with E-state index in [0.29, 0.717) is 31.4 Å². The van der Waals surface area contributed by atoms with Crippen LogP contribution in [-0.2, 0) is 51.1 Å². The van der Waals surface area contributed by atoms with E-state index in [1.54, 1.807) is 24.5 Å². The first-order chi connectivity index (χ1) is 33.9. The van der Waals surface area contributed by atoms with Gasteiger partial charge in [0.1, 0.15) is 53.7 Å². The molecule has 8 rings (SSSR count). The summed E-state index contributed by atoms with van der Waals surface area (Å²) >= 11 is 0. The van der Waals surface area contributed by atoms with E-state index >= 15 is 0 Å². The minimum absolute atomic E-state index is 0.0279. The van der Waals surface area contributed by atoms with Crippen molar-refractivity contribution >= 4 is 46.9 Å². The molecule has 0 radical (unpaired) electrons. The number of aliphatic hydroxyl groups excluding tert-OH is 2. The Balaban J connectivity index is 0.921. The Hall–Kier alpha value is -6.85. The quantitative estimate of drug-likeness (QED) is 0.0732. The van der Waals surface area contributed by atoms with Crippen LogP contribution in [0.1, 0.15) is 107 Å². The van der Waals surface area contributed by atoms with Gasteiger partial charge in [-0.2, -0.15) is 0 Å². The van der Waals surface area contributed by atoms with Crippen LogP contribution in [0.25, 0.3) is 0 Å². The topological polar surface area (TPSA) is 321 Å². The number of pyridine rings is 1. The Morgan fingerprint density at radius 1 is 0.930 bits per heavy atom. The number of ether oxygens (including phenoxy) is 3. The highest BCUT2D eigenvalue weighted by Crippen LogP contribution is 2.52. The van der Waals surface area contributed by atoms with E-state index in [-0.39, 0.29) is 59.7 Å². The maximum absolute atomic E-state index is 14.1. The Labute approximate surface area is 406 Å². The molecule has 5 amide bonds. The first-order valence-electron chi connectivity index (χ1n) is 23.5. The second kappa shape index (κ2) is 20.5. The Bertz CT molecular complexity index is 2660. The van der Waals surface area contributed by atoms with E-state index in [4.69, 9.17) is 14.2 Å². The fraction of sp³-hybridized carbons (Fsp3) is 0.490. The van der Waals surface area contributed by atoms with Crippen LogP contribution >= 0.6 is 0 Å². The van der Waals surface area contributed by atoms with Crippen molar-refractivity contribution in [3.05, 3.63) is 81.7 Å². The van der Waals surface area contributed by atoms with Gasteiger partial charge in [-0.3, -0.25) is 43.3 Å². The van der Waals surface area contributed by atoms with E-state index in [1.165, 1.54) is 49.0 Å². The van der Waals surface area contributed by atoms with E-state index < -0.39 is 144 Å². The number of aliphatic hydroxyl groups is 3. The highest BCUT2D eigenvalue weighted by molar-refractivity contribution is 6.31. The summed E-state index contributed by atoms with van der Waals surface area (Å²) in [5.41, 5.74) is -3.68. The molecule has 22 nitrogen and oxygen atoms in total. The summed E-state index contributed by atoms with van der Waals surface area (Å²) in [6.07, 6.45) is -1.93. The number of Topliss-reactive ketones (excluding diaryl/α,β-unsaturated/α-hetero) is 1. The Morgan fingerprint density at radius 3 is 2.30 bits per heavy atom. The number of nitrogens with zero attached hydrogens (tertiary/aromatic N) is 3. The number of ketones is 3. The summed E-state index contributed by atoms with van der Waals surface area (Å²) in [6, 6.07) is 3.78. The van der Waals surface area contributed by atoms with Crippen LogP contribution in [0.5, 0.6) is 17.2 Å². The monoisotopic (exact) mass is 984 g/mol. The number of benzene rings is 2. The fourth-order valence-corrected chi connectivity index (χ4v) is 10.4. The normalized spacial score (nSPS) is 26.1. The first kappa shape index (κ1) is 50.5. The van der Waals surface area contributed by atoms with Gasteiger partial charge in [-0.25, -0.2) is 0 Å². The second-order valence-corrected chi connectivity index (χ2v) is 18.6. The van der Waals surface area contributed by atoms with Crippen molar-refractivity contribution in [2.24, 2.45) is 0 Å². The zero-order chi connectivity index (χ0) is 51.1. The highest BCUT2D eigenvalue weighted by atomic mass is 16.7. The predicted molar refractivity (Wildman–Crippen MR) is 244 cm³/mol. The number of hydrogen-bond donors (Lipinski definition) is 8. The van der Waals surface area contributed by atoms with E-state index in [1.807, 2.05) is 0 Å². The van der Waals surface area contributed by atoms with Crippen LogP contribution in [0.2, 0.25) is 0 Å². The van der Waals surface area contributed by atoms with Gasteiger partial charge < -0.3 is 65.5 Å². The van der Waals surface area contributed by atoms with Gasteiger partial charge >= 0.3 is 0 Å². The number of aromatic hydroxyl groups is 2. The molecule has 4 heterocycles. The van der Waals surface area contributed by atoms with Crippen molar-refractivity contribution in [3.8, 4) is 17.2 Å². The minimum Gasteiger partial charge on any atom is -0.507 e. The third-order valence-electron chi connectivity index (χ3n) is 14.1. The fourth-order valence-electron chi connectivity index (χ4n) is 10.4. The van der Waals surface area contributed by atoms with Crippen molar-refractivity contribution < 1.29 is 78.1 Å². The summed E-state index contributed by atoms with van der Waals surface area (Å²) in [4.78, 5) is 115. The molecule has 3 saturated heterocycles. The van der Waals surface area contributed by atoms with Crippen molar-refractivity contribution in [2.45, 2.75) is 120 Å². The molecule has 0 saturated carbocycles. The summed E-state index contributed by atoms with van der Waals surface area (Å²) in [5, 5.41) is 64.3. The van der Waals surface area contributed by atoms with Gasteiger partial charge in [-0.05, 0) is 57.2 Å². The van der Waals surface area contributed by atoms with Gasteiger partial charge in [0.2, 0.25) is 35.3 Å². The van der Waals surface area contributed by atoms with Crippen LogP contribution in [0.4, 0.5) is 0 Å². The molecular formula is C49H56N6O16. The van der Waals surface area contributed by atoms with Gasteiger partial charge in [-0.1, -0.05) is 18.2 Å². The molecule has 3 aliphatic heterocycles. The number of methoxy groups -OCH3 is 1. The van der Waals surface area contributed by atoms with Crippen LogP contribution in [0, 0.1) is 0 Å². The Morgan fingerprint density at radius 2 is 1.62 bits per heavy atom. The number of phenolic OH excluding ortho intramolecular Hbond substituents is 2. The molecule has 1 aromatic heterocycles. The van der Waals surface area contributed by atoms with E-state index in [2.05, 4.69) is 20.9 Å². The molecule has 0 unspecified atom stereocenters. The molecule has 2 aliphatic carbocycles. The first-order valence-corrected chi connectivity index (χ1v) is 23.5. The molecule has 378 valence electrons. The largest absolute Gasteiger partial charge is 0.507 e. The predicted octanol–water partition coefficient (Wildman–Crippen LogP) is -0.601. The molecule has 22 heteroatoms. The summed E-state index contributed by atoms with van der Waals surface area (Å²) in [7, 11) is 1.29. The third kappa shape index (κ3) is 9.68. The van der Waals surface area contributed by atoms with Crippen LogP contribution in [-0.4, -0.2) is 169 Å². The van der Waals surface area contributed by atoms with Gasteiger partial charge in [0.25, 0.3) is 0 Å². The SMILES string of the molecule is COc1cccc2c1C(=O)c1c(O)c3c(c(O)c1C2=O)C[C@@](O)(C(=O)CO)C[C@@H]3O[C@@H]1C[C@H](NC(=O)[C@@H]2CCCN2C(=O)CNC(=O)[C@H](C)NC(=O)[C@@H]2CCCN2C(=O)Cc2cccnc2)[C@H](O)[C@H](C)O1. The number of nitrogens with one attached hydrogen (secondary N) is 3. The van der Waals surface area contributed by atoms with Gasteiger partial charge in [0, 0.05) is 61.4 Å². The summed E-state index contributed by atoms with van der Waals surface area (Å²) in [6.45, 7) is 1.85. The number of aromatic nitrogens is 1. The molecule has 0 spiro atoms. The van der Waals surface area contributed by atoms with Crippen molar-refractivity contribution in [3.63, 3.8) is 0 Å². The third-order valence-corrected chi connectivity index (χ3v) is 14.1. The van der Waals surface area contributed by atoms with E-state index in [9.17, 15) is 63.9 Å². The molecule has 3 fully saturated rings. The lowest BCUT2D eigenvalue weighted by Gasteiger charge is -2.43. The lowest BCUT2D eigenvalue weighted by Crippen LogP contribution is -2.59. The van der Waals surface area contributed by atoms with Crippen molar-refractivity contribution in [1.29, 1.82) is 0 Å². The molecule has 3 aromatic rings. The zero-order valence-electron chi connectivity index (χ0n) is 39.2. The average molecular weight is 985 g/mol. The molecule has 9 atom stereocenters. The number of hydrogen-bond acceptors (Lipinski definition) is 17. The maximum atomic E-state index is 14.1. The van der Waals surface area contributed by atoms with Crippen LogP contribution in [0.15, 0.2) is 42.7 Å². The molecule has 5 aliphatic rings. The number of phenols is 2. The standard InChI is InChI=1S/C49H56N6O16/c1-23(52-47(66)29-10-6-14-54(29)34(58)16-25-8-5-13-50-20-25)46(65)51-21-35(59)55-15-7-11-30(55)48(67)53-28-17-36(70-24(2)41(28)60)71-32-19-49(68,33(57)22-56)18-27-38(32)45(64)40-39(43(27)62)42(61)26-9-4-12-31(69-3)37(26)44(40)63/h4-5,8-9,12-13,20,23-24,28-30,32,36,41,56,60,62,64,68H,6-7,10-11,14-19,21-22H2,1-3H3,(H,51,65)(H,52,66)(H,53,67)/t23-,24-,28-,29-,30-,32-,36+,41+,49-/m0/s1. The van der Waals surface area contributed by atoms with Gasteiger partial charge in [0.05, 0.1) is 55.0 Å². The summed E-state index contributed by atoms with van der Waals surface area (Å²) in [5.74, 6) is -6.98. The maximum Gasteiger partial charge on any atom is 0.243 e. The number of fused-ring (bicyclic) bond motifs is 3. The molecule has 8 N–H and O–H groups in total. The van der Waals surface area contributed by atoms with Crippen LogP contribution < -0.4 is 20.7 Å². The minimum atomic E-state index is -2.41. The number of carbonyl (C=O) groups excluding carboxylic acids is 8. The van der Waals surface area contributed by atoms with Gasteiger partial charge in [0.15, 0.2) is 17.9 Å². The Kier molecular flexibility index (Phi) is 14.6. The smallest absolute Gasteiger partial charge is 0.243 e. The second-order valence-electron chi connectivity index (χ2n) is 18.6. The van der Waals surface area contributed by atoms with Crippen molar-refractivity contribution in [2.75, 3.05) is 33.4 Å². The average Bonchev–Trinajstić information content (AvgIpc) is 4.06.